The van der Waals surface area contributed by atoms with E-state index in [9.17, 15) is 5.11 Å². The second kappa shape index (κ2) is 3.91. The molecule has 0 aliphatic carbocycles. The molecule has 3 N–H and O–H groups in total. The third-order valence-corrected chi connectivity index (χ3v) is 1.98. The van der Waals surface area contributed by atoms with Crippen molar-refractivity contribution in [1.82, 2.24) is 0 Å². The molecule has 1 aliphatic heterocycles. The van der Waals surface area contributed by atoms with E-state index in [4.69, 9.17) is 20.5 Å². The Balaban J connectivity index is 2.67. The molecule has 0 aromatic rings. The van der Waals surface area contributed by atoms with Gasteiger partial charge in [-0.05, 0) is 5.53 Å². The minimum absolute atomic E-state index is 0.633. The van der Waals surface area contributed by atoms with Crippen molar-refractivity contribution in [1.29, 1.82) is 0 Å². The van der Waals surface area contributed by atoms with Gasteiger partial charge in [0.25, 0.3) is 0 Å². The molecule has 0 bridgehead atoms. The number of rotatable bonds is 2. The first-order chi connectivity index (χ1) is 6.07. The van der Waals surface area contributed by atoms with Gasteiger partial charge in [-0.15, -0.1) is 0 Å². The fourth-order valence-electron chi connectivity index (χ4n) is 1.23. The van der Waals surface area contributed by atoms with Crippen molar-refractivity contribution >= 4 is 0 Å². The zero-order valence-electron chi connectivity index (χ0n) is 6.98. The Morgan fingerprint density at radius 1 is 1.38 bits per heavy atom. The lowest BCUT2D eigenvalue weighted by Gasteiger charge is -2.16. The zero-order valence-corrected chi connectivity index (χ0v) is 6.98. The van der Waals surface area contributed by atoms with E-state index in [1.807, 2.05) is 0 Å². The van der Waals surface area contributed by atoms with Crippen LogP contribution < -0.4 is 0 Å². The van der Waals surface area contributed by atoms with Crippen molar-refractivity contribution in [2.45, 2.75) is 37.6 Å². The third-order valence-electron chi connectivity index (χ3n) is 1.98. The molecule has 1 rings (SSSR count). The predicted molar refractivity (Wildman–Crippen MR) is 41.5 cm³/mol. The molecule has 1 saturated heterocycles. The van der Waals surface area contributed by atoms with E-state index in [1.54, 1.807) is 0 Å². The third kappa shape index (κ3) is 1.90. The van der Waals surface area contributed by atoms with Crippen LogP contribution in [0.5, 0.6) is 0 Å². The van der Waals surface area contributed by atoms with Gasteiger partial charge in [0.2, 0.25) is 0 Å². The summed E-state index contributed by atoms with van der Waals surface area (Å²) in [6.45, 7) is 1.53. The zero-order chi connectivity index (χ0) is 10.0. The van der Waals surface area contributed by atoms with Gasteiger partial charge in [0.1, 0.15) is 12.2 Å². The molecule has 0 aromatic heterocycles. The topological polar surface area (TPSA) is 119 Å². The Morgan fingerprint density at radius 3 is 2.38 bits per heavy atom. The highest BCUT2D eigenvalue weighted by Crippen LogP contribution is 2.23. The number of nitrogens with zero attached hydrogens (tertiary/aromatic N) is 3. The lowest BCUT2D eigenvalue weighted by molar-refractivity contribution is -0.129. The van der Waals surface area contributed by atoms with Crippen LogP contribution in [0, 0.1) is 0 Å². The first-order valence-corrected chi connectivity index (χ1v) is 3.81. The van der Waals surface area contributed by atoms with Crippen molar-refractivity contribution in [3.63, 3.8) is 0 Å². The molecule has 1 fully saturated rings. The van der Waals surface area contributed by atoms with Crippen LogP contribution in [0.1, 0.15) is 6.92 Å². The maximum atomic E-state index is 9.31. The van der Waals surface area contributed by atoms with E-state index in [0.29, 0.717) is 0 Å². The van der Waals surface area contributed by atoms with E-state index in [1.165, 1.54) is 6.92 Å². The number of ether oxygens (including phenoxy) is 1. The Morgan fingerprint density at radius 2 is 2.00 bits per heavy atom. The fourth-order valence-corrected chi connectivity index (χ4v) is 1.23. The van der Waals surface area contributed by atoms with E-state index >= 15 is 0 Å². The summed E-state index contributed by atoms with van der Waals surface area (Å²) < 4.78 is 4.79. The number of hydrogen-bond acceptors (Lipinski definition) is 5. The number of hydrogen-bond donors (Lipinski definition) is 3. The standard InChI is InChI=1S/C6H11N3O4/c1-2(8-9-7)5-3(10)4(11)6(12)13-5/h2-6,10-12H,1H3/t2-,3+,4+,5+,6-/m1/s1. The van der Waals surface area contributed by atoms with Crippen LogP contribution in [0.3, 0.4) is 0 Å². The predicted octanol–water partition coefficient (Wildman–Crippen LogP) is -0.876. The van der Waals surface area contributed by atoms with Crippen molar-refractivity contribution in [2.75, 3.05) is 0 Å². The Hall–Kier alpha value is -0.850. The summed E-state index contributed by atoms with van der Waals surface area (Å²) in [5.41, 5.74) is 8.11. The largest absolute Gasteiger partial charge is 0.387 e. The average Bonchev–Trinajstić information content (AvgIpc) is 2.33. The van der Waals surface area contributed by atoms with Crippen LogP contribution in [0.25, 0.3) is 10.4 Å². The van der Waals surface area contributed by atoms with Crippen molar-refractivity contribution in [2.24, 2.45) is 5.11 Å². The van der Waals surface area contributed by atoms with Crippen molar-refractivity contribution < 1.29 is 20.1 Å². The molecular weight excluding hydrogens is 178 g/mol. The molecule has 0 spiro atoms. The Kier molecular flexibility index (Phi) is 3.07. The molecule has 13 heavy (non-hydrogen) atoms. The normalized spacial score (nSPS) is 41.2. The van der Waals surface area contributed by atoms with Gasteiger partial charge in [-0.25, -0.2) is 0 Å². The SMILES string of the molecule is C[C@@H](N=[N+]=[N-])[C@@H]1O[C@@H](O)[C@@H](O)[C@@H]1O. The van der Waals surface area contributed by atoms with Crippen LogP contribution in [0.2, 0.25) is 0 Å². The molecule has 74 valence electrons. The fraction of sp³-hybridized carbons (Fsp3) is 1.00. The van der Waals surface area contributed by atoms with Crippen LogP contribution >= 0.6 is 0 Å². The summed E-state index contributed by atoms with van der Waals surface area (Å²) >= 11 is 0. The van der Waals surface area contributed by atoms with Gasteiger partial charge >= 0.3 is 0 Å². The number of aliphatic hydroxyl groups is 3. The van der Waals surface area contributed by atoms with E-state index in [0.717, 1.165) is 0 Å². The number of aliphatic hydroxyl groups excluding tert-OH is 3. The maximum Gasteiger partial charge on any atom is 0.183 e. The van der Waals surface area contributed by atoms with Crippen LogP contribution in [0.4, 0.5) is 0 Å². The molecular formula is C6H11N3O4. The minimum atomic E-state index is -1.42. The molecule has 1 heterocycles. The van der Waals surface area contributed by atoms with Crippen LogP contribution in [-0.4, -0.2) is 46.0 Å². The molecule has 0 saturated carbocycles. The molecule has 0 unspecified atom stereocenters. The second-order valence-corrected chi connectivity index (χ2v) is 2.92. The Labute approximate surface area is 74.2 Å². The summed E-state index contributed by atoms with van der Waals surface area (Å²) in [5, 5.41) is 30.7. The van der Waals surface area contributed by atoms with E-state index in [-0.39, 0.29) is 0 Å². The second-order valence-electron chi connectivity index (χ2n) is 2.92. The lowest BCUT2D eigenvalue weighted by Crippen LogP contribution is -2.36. The van der Waals surface area contributed by atoms with Gasteiger partial charge < -0.3 is 20.1 Å². The molecule has 1 aliphatic rings. The van der Waals surface area contributed by atoms with E-state index < -0.39 is 30.6 Å². The maximum absolute atomic E-state index is 9.31. The quantitative estimate of drug-likeness (QED) is 0.297. The van der Waals surface area contributed by atoms with Crippen LogP contribution in [-0.2, 0) is 4.74 Å². The summed E-state index contributed by atoms with van der Waals surface area (Å²) in [4.78, 5) is 2.54. The first kappa shape index (κ1) is 10.2. The molecule has 0 amide bonds. The first-order valence-electron chi connectivity index (χ1n) is 3.81. The summed E-state index contributed by atoms with van der Waals surface area (Å²) in [6.07, 6.45) is -4.85. The summed E-state index contributed by atoms with van der Waals surface area (Å²) in [7, 11) is 0. The van der Waals surface area contributed by atoms with Gasteiger partial charge in [-0.2, -0.15) is 0 Å². The highest BCUT2D eigenvalue weighted by Gasteiger charge is 2.43. The monoisotopic (exact) mass is 189 g/mol. The molecule has 7 heteroatoms. The highest BCUT2D eigenvalue weighted by atomic mass is 16.6. The van der Waals surface area contributed by atoms with Gasteiger partial charge in [0.05, 0.1) is 12.1 Å². The molecule has 7 nitrogen and oxygen atoms in total. The molecule has 5 atom stereocenters. The van der Waals surface area contributed by atoms with Gasteiger partial charge in [-0.1, -0.05) is 12.0 Å². The van der Waals surface area contributed by atoms with E-state index in [2.05, 4.69) is 10.0 Å². The smallest absolute Gasteiger partial charge is 0.183 e. The molecule has 0 radical (unpaired) electrons. The number of azide groups is 1. The highest BCUT2D eigenvalue weighted by molar-refractivity contribution is 4.91. The van der Waals surface area contributed by atoms with Crippen molar-refractivity contribution in [3.05, 3.63) is 10.4 Å². The molecule has 0 aromatic carbocycles. The van der Waals surface area contributed by atoms with Gasteiger partial charge in [-0.3, -0.25) is 0 Å². The summed E-state index contributed by atoms with van der Waals surface area (Å²) in [5.74, 6) is 0. The van der Waals surface area contributed by atoms with Gasteiger partial charge in [0.15, 0.2) is 6.29 Å². The van der Waals surface area contributed by atoms with Crippen LogP contribution in [0.15, 0.2) is 5.11 Å². The Bertz CT molecular complexity index is 230. The average molecular weight is 189 g/mol. The van der Waals surface area contributed by atoms with Crippen molar-refractivity contribution in [3.8, 4) is 0 Å². The summed E-state index contributed by atoms with van der Waals surface area (Å²) in [6, 6.07) is -0.633. The van der Waals surface area contributed by atoms with Gasteiger partial charge in [0, 0.05) is 4.91 Å². The minimum Gasteiger partial charge on any atom is -0.387 e. The lowest BCUT2D eigenvalue weighted by atomic mass is 10.1.